The summed E-state index contributed by atoms with van der Waals surface area (Å²) < 4.78 is 28.5. The maximum Gasteiger partial charge on any atom is 0.387 e. The van der Waals surface area contributed by atoms with Crippen molar-refractivity contribution in [1.82, 2.24) is 10.6 Å². The average Bonchev–Trinajstić information content (AvgIpc) is 2.59. The first-order valence-corrected chi connectivity index (χ1v) is 8.11. The molecule has 0 aliphatic heterocycles. The summed E-state index contributed by atoms with van der Waals surface area (Å²) in [6.45, 7) is -1.36. The number of halogens is 3. The van der Waals surface area contributed by atoms with Gasteiger partial charge >= 0.3 is 6.61 Å². The fourth-order valence-corrected chi connectivity index (χ4v) is 2.40. The Morgan fingerprint density at radius 1 is 1.15 bits per heavy atom. The number of nitrogens with one attached hydrogen (secondary N) is 2. The fourth-order valence-electron chi connectivity index (χ4n) is 2.21. The van der Waals surface area contributed by atoms with Gasteiger partial charge in [-0.2, -0.15) is 8.78 Å². The van der Waals surface area contributed by atoms with Crippen LogP contribution >= 0.6 is 11.6 Å². The minimum absolute atomic E-state index is 0.0380. The van der Waals surface area contributed by atoms with Crippen molar-refractivity contribution in [2.75, 3.05) is 6.54 Å². The van der Waals surface area contributed by atoms with Crippen molar-refractivity contribution in [2.24, 2.45) is 0 Å². The van der Waals surface area contributed by atoms with Crippen molar-refractivity contribution in [1.29, 1.82) is 0 Å². The maximum absolute atomic E-state index is 12.1. The molecule has 2 N–H and O–H groups in total. The standard InChI is InChI=1S/C18H17ClF2N2O3/c1-11(12-5-7-15(8-6-12)26-18(20)21)23-16(24)10-22-17(25)13-3-2-4-14(19)9-13/h2-9,11,18H,10H2,1H3,(H,22,25)(H,23,24). The number of rotatable bonds is 7. The minimum Gasteiger partial charge on any atom is -0.435 e. The van der Waals surface area contributed by atoms with E-state index in [1.54, 1.807) is 37.3 Å². The monoisotopic (exact) mass is 382 g/mol. The molecule has 0 aromatic heterocycles. The second kappa shape index (κ2) is 9.15. The molecule has 0 aliphatic rings. The highest BCUT2D eigenvalue weighted by molar-refractivity contribution is 6.30. The summed E-state index contributed by atoms with van der Waals surface area (Å²) in [5, 5.41) is 5.63. The van der Waals surface area contributed by atoms with E-state index in [9.17, 15) is 18.4 Å². The molecule has 0 saturated heterocycles. The molecule has 5 nitrogen and oxygen atoms in total. The van der Waals surface area contributed by atoms with E-state index < -0.39 is 12.5 Å². The largest absolute Gasteiger partial charge is 0.435 e. The molecular formula is C18H17ClF2N2O3. The van der Waals surface area contributed by atoms with Gasteiger partial charge in [0.2, 0.25) is 5.91 Å². The molecule has 0 spiro atoms. The van der Waals surface area contributed by atoms with Crippen molar-refractivity contribution in [3.05, 3.63) is 64.7 Å². The average molecular weight is 383 g/mol. The quantitative estimate of drug-likeness (QED) is 0.769. The SMILES string of the molecule is CC(NC(=O)CNC(=O)c1cccc(Cl)c1)c1ccc(OC(F)F)cc1. The first-order chi connectivity index (χ1) is 12.3. The number of hydrogen-bond acceptors (Lipinski definition) is 3. The Morgan fingerprint density at radius 2 is 1.85 bits per heavy atom. The van der Waals surface area contributed by atoms with Crippen LogP contribution in [-0.4, -0.2) is 25.0 Å². The van der Waals surface area contributed by atoms with Crippen molar-refractivity contribution in [3.8, 4) is 5.75 Å². The van der Waals surface area contributed by atoms with Crippen LogP contribution in [0.25, 0.3) is 0 Å². The number of carbonyl (C=O) groups excluding carboxylic acids is 2. The highest BCUT2D eigenvalue weighted by Crippen LogP contribution is 2.19. The van der Waals surface area contributed by atoms with Gasteiger partial charge in [0.25, 0.3) is 5.91 Å². The fraction of sp³-hybridized carbons (Fsp3) is 0.222. The summed E-state index contributed by atoms with van der Waals surface area (Å²) in [5.41, 5.74) is 1.06. The van der Waals surface area contributed by atoms with E-state index in [1.165, 1.54) is 18.2 Å². The Hall–Kier alpha value is -2.67. The normalized spacial score (nSPS) is 11.7. The predicted octanol–water partition coefficient (Wildman–Crippen LogP) is 3.55. The first kappa shape index (κ1) is 19.7. The Balaban J connectivity index is 1.84. The molecule has 1 atom stereocenters. The molecule has 2 aromatic rings. The van der Waals surface area contributed by atoms with Gasteiger partial charge in [-0.3, -0.25) is 9.59 Å². The molecule has 1 unspecified atom stereocenters. The zero-order chi connectivity index (χ0) is 19.1. The van der Waals surface area contributed by atoms with Gasteiger partial charge in [-0.15, -0.1) is 0 Å². The van der Waals surface area contributed by atoms with E-state index in [4.69, 9.17) is 11.6 Å². The van der Waals surface area contributed by atoms with Gasteiger partial charge in [0.1, 0.15) is 5.75 Å². The topological polar surface area (TPSA) is 67.4 Å². The Morgan fingerprint density at radius 3 is 2.46 bits per heavy atom. The van der Waals surface area contributed by atoms with Gasteiger partial charge in [0.15, 0.2) is 0 Å². The number of amides is 2. The highest BCUT2D eigenvalue weighted by atomic mass is 35.5. The van der Waals surface area contributed by atoms with Crippen molar-refractivity contribution in [2.45, 2.75) is 19.6 Å². The molecule has 0 heterocycles. The lowest BCUT2D eigenvalue weighted by molar-refractivity contribution is -0.120. The van der Waals surface area contributed by atoms with Gasteiger partial charge in [0.05, 0.1) is 12.6 Å². The third-order valence-electron chi connectivity index (χ3n) is 3.48. The van der Waals surface area contributed by atoms with Crippen LogP contribution < -0.4 is 15.4 Å². The summed E-state index contributed by atoms with van der Waals surface area (Å²) in [6.07, 6.45) is 0. The Bertz CT molecular complexity index is 769. The van der Waals surface area contributed by atoms with Crippen LogP contribution in [0.3, 0.4) is 0 Å². The number of carbonyl (C=O) groups is 2. The summed E-state index contributed by atoms with van der Waals surface area (Å²) in [5.74, 6) is -0.763. The van der Waals surface area contributed by atoms with Crippen LogP contribution in [0.4, 0.5) is 8.78 Å². The van der Waals surface area contributed by atoms with Crippen molar-refractivity contribution < 1.29 is 23.1 Å². The number of benzene rings is 2. The molecule has 0 bridgehead atoms. The molecule has 0 radical (unpaired) electrons. The molecule has 2 amide bonds. The number of ether oxygens (including phenoxy) is 1. The molecule has 26 heavy (non-hydrogen) atoms. The minimum atomic E-state index is -2.89. The molecule has 0 aliphatic carbocycles. The molecule has 0 saturated carbocycles. The predicted molar refractivity (Wildman–Crippen MR) is 93.4 cm³/mol. The van der Waals surface area contributed by atoms with E-state index in [0.717, 1.165) is 0 Å². The van der Waals surface area contributed by atoms with Crippen LogP contribution in [0.15, 0.2) is 48.5 Å². The van der Waals surface area contributed by atoms with Gasteiger partial charge in [-0.05, 0) is 42.8 Å². The van der Waals surface area contributed by atoms with Crippen LogP contribution in [0, 0.1) is 0 Å². The zero-order valence-electron chi connectivity index (χ0n) is 13.8. The molecule has 8 heteroatoms. The summed E-state index contributed by atoms with van der Waals surface area (Å²) >= 11 is 5.82. The molecule has 2 aromatic carbocycles. The second-order valence-electron chi connectivity index (χ2n) is 5.43. The molecule has 2 rings (SSSR count). The van der Waals surface area contributed by atoms with Crippen LogP contribution in [0.5, 0.6) is 5.75 Å². The van der Waals surface area contributed by atoms with Gasteiger partial charge < -0.3 is 15.4 Å². The van der Waals surface area contributed by atoms with E-state index in [2.05, 4.69) is 15.4 Å². The zero-order valence-corrected chi connectivity index (χ0v) is 14.6. The summed E-state index contributed by atoms with van der Waals surface area (Å²) in [6, 6.07) is 11.9. The lowest BCUT2D eigenvalue weighted by Crippen LogP contribution is -2.38. The van der Waals surface area contributed by atoms with Gasteiger partial charge in [-0.25, -0.2) is 0 Å². The molecular weight excluding hydrogens is 366 g/mol. The Labute approximate surface area is 154 Å². The van der Waals surface area contributed by atoms with E-state index in [0.29, 0.717) is 16.1 Å². The van der Waals surface area contributed by atoms with E-state index >= 15 is 0 Å². The number of hydrogen-bond donors (Lipinski definition) is 2. The maximum atomic E-state index is 12.1. The third-order valence-corrected chi connectivity index (χ3v) is 3.71. The van der Waals surface area contributed by atoms with Crippen LogP contribution in [0.2, 0.25) is 5.02 Å². The van der Waals surface area contributed by atoms with Crippen LogP contribution in [-0.2, 0) is 4.79 Å². The molecule has 0 fully saturated rings. The first-order valence-electron chi connectivity index (χ1n) is 7.73. The second-order valence-corrected chi connectivity index (χ2v) is 5.87. The lowest BCUT2D eigenvalue weighted by Gasteiger charge is -2.15. The summed E-state index contributed by atoms with van der Waals surface area (Å²) in [4.78, 5) is 23.9. The summed E-state index contributed by atoms with van der Waals surface area (Å²) in [7, 11) is 0. The van der Waals surface area contributed by atoms with E-state index in [-0.39, 0.29) is 24.2 Å². The lowest BCUT2D eigenvalue weighted by atomic mass is 10.1. The number of alkyl halides is 2. The van der Waals surface area contributed by atoms with Crippen molar-refractivity contribution in [3.63, 3.8) is 0 Å². The van der Waals surface area contributed by atoms with Crippen molar-refractivity contribution >= 4 is 23.4 Å². The van der Waals surface area contributed by atoms with Gasteiger partial charge in [0, 0.05) is 10.6 Å². The molecule has 138 valence electrons. The van der Waals surface area contributed by atoms with Crippen LogP contribution in [0.1, 0.15) is 28.9 Å². The van der Waals surface area contributed by atoms with Gasteiger partial charge in [-0.1, -0.05) is 29.8 Å². The van der Waals surface area contributed by atoms with E-state index in [1.807, 2.05) is 0 Å². The highest BCUT2D eigenvalue weighted by Gasteiger charge is 2.12. The Kier molecular flexibility index (Phi) is 6.91. The third kappa shape index (κ3) is 6.00. The smallest absolute Gasteiger partial charge is 0.387 e.